The standard InChI is InChI=1S/C10H9N3/c1-2-7-3-4-9-8(6-12-13-9)10(7)11-5-1/h2-4,6,11H,1,5H2. The van der Waals surface area contributed by atoms with E-state index in [0.29, 0.717) is 0 Å². The van der Waals surface area contributed by atoms with Crippen LogP contribution >= 0.6 is 0 Å². The van der Waals surface area contributed by atoms with Crippen molar-refractivity contribution in [3.63, 3.8) is 0 Å². The zero-order chi connectivity index (χ0) is 8.67. The fourth-order valence-electron chi connectivity index (χ4n) is 1.78. The molecule has 64 valence electrons. The molecule has 0 spiro atoms. The average Bonchev–Trinajstić information content (AvgIpc) is 2.65. The van der Waals surface area contributed by atoms with Gasteiger partial charge in [0.2, 0.25) is 0 Å². The first kappa shape index (κ1) is 6.83. The van der Waals surface area contributed by atoms with Crippen molar-refractivity contribution < 1.29 is 0 Å². The lowest BCUT2D eigenvalue weighted by atomic mass is 10.1. The Morgan fingerprint density at radius 1 is 1.31 bits per heavy atom. The van der Waals surface area contributed by atoms with Gasteiger partial charge in [-0.3, -0.25) is 0 Å². The monoisotopic (exact) mass is 171 g/mol. The first-order valence-corrected chi connectivity index (χ1v) is 4.43. The molecule has 2 aliphatic rings. The van der Waals surface area contributed by atoms with E-state index in [0.717, 1.165) is 23.9 Å². The molecular formula is C10H9N3. The average molecular weight is 171 g/mol. The van der Waals surface area contributed by atoms with Gasteiger partial charge in [0.05, 0.1) is 17.3 Å². The summed E-state index contributed by atoms with van der Waals surface area (Å²) < 4.78 is 0. The lowest BCUT2D eigenvalue weighted by Crippen LogP contribution is -2.24. The SMILES string of the molecule is C1=NN=c2ccc3c(c21)NCCC=3. The van der Waals surface area contributed by atoms with Crippen LogP contribution in [-0.4, -0.2) is 12.8 Å². The predicted octanol–water partition coefficient (Wildman–Crippen LogP) is 0.250. The van der Waals surface area contributed by atoms with Crippen LogP contribution in [0, 0.1) is 0 Å². The van der Waals surface area contributed by atoms with Crippen LogP contribution in [0.3, 0.4) is 0 Å². The highest BCUT2D eigenvalue weighted by Gasteiger charge is 2.09. The third kappa shape index (κ3) is 0.900. The van der Waals surface area contributed by atoms with Crippen molar-refractivity contribution in [1.29, 1.82) is 0 Å². The zero-order valence-electron chi connectivity index (χ0n) is 7.12. The number of nitrogens with one attached hydrogen (secondary N) is 1. The van der Waals surface area contributed by atoms with E-state index in [2.05, 4.69) is 27.7 Å². The Balaban J connectivity index is 2.43. The van der Waals surface area contributed by atoms with Crippen LogP contribution in [0.1, 0.15) is 12.0 Å². The van der Waals surface area contributed by atoms with E-state index < -0.39 is 0 Å². The quantitative estimate of drug-likeness (QED) is 0.597. The molecule has 0 unspecified atom stereocenters. The fourth-order valence-corrected chi connectivity index (χ4v) is 1.78. The molecule has 0 saturated heterocycles. The van der Waals surface area contributed by atoms with Gasteiger partial charge in [-0.25, -0.2) is 0 Å². The van der Waals surface area contributed by atoms with E-state index in [1.165, 1.54) is 10.9 Å². The summed E-state index contributed by atoms with van der Waals surface area (Å²) in [5, 5.41) is 13.6. The van der Waals surface area contributed by atoms with Crippen LogP contribution in [0.5, 0.6) is 0 Å². The second-order valence-electron chi connectivity index (χ2n) is 3.23. The van der Waals surface area contributed by atoms with Gasteiger partial charge in [0, 0.05) is 12.1 Å². The summed E-state index contributed by atoms with van der Waals surface area (Å²) in [7, 11) is 0. The second-order valence-corrected chi connectivity index (χ2v) is 3.23. The van der Waals surface area contributed by atoms with Crippen LogP contribution in [-0.2, 0) is 0 Å². The molecule has 0 fully saturated rings. The maximum atomic E-state index is 4.02. The summed E-state index contributed by atoms with van der Waals surface area (Å²) in [5.74, 6) is 0. The van der Waals surface area contributed by atoms with Gasteiger partial charge < -0.3 is 5.32 Å². The van der Waals surface area contributed by atoms with E-state index in [9.17, 15) is 0 Å². The maximum absolute atomic E-state index is 4.02. The zero-order valence-corrected chi connectivity index (χ0v) is 7.12. The highest BCUT2D eigenvalue weighted by atomic mass is 15.2. The highest BCUT2D eigenvalue weighted by molar-refractivity contribution is 5.89. The summed E-state index contributed by atoms with van der Waals surface area (Å²) in [4.78, 5) is 0. The van der Waals surface area contributed by atoms with Gasteiger partial charge in [-0.15, -0.1) is 0 Å². The molecule has 13 heavy (non-hydrogen) atoms. The molecule has 2 aliphatic heterocycles. The Kier molecular flexibility index (Phi) is 1.27. The van der Waals surface area contributed by atoms with Crippen LogP contribution in [0.2, 0.25) is 0 Å². The molecule has 0 radical (unpaired) electrons. The predicted molar refractivity (Wildman–Crippen MR) is 52.4 cm³/mol. The lowest BCUT2D eigenvalue weighted by Gasteiger charge is -2.12. The topological polar surface area (TPSA) is 36.8 Å². The normalized spacial score (nSPS) is 16.6. The van der Waals surface area contributed by atoms with Gasteiger partial charge >= 0.3 is 0 Å². The van der Waals surface area contributed by atoms with Crippen LogP contribution < -0.4 is 15.9 Å². The Morgan fingerprint density at radius 2 is 2.31 bits per heavy atom. The van der Waals surface area contributed by atoms with E-state index in [1.807, 2.05) is 12.3 Å². The lowest BCUT2D eigenvalue weighted by molar-refractivity contribution is 1.07. The van der Waals surface area contributed by atoms with Gasteiger partial charge in [-0.1, -0.05) is 12.1 Å². The Hall–Kier alpha value is -1.64. The third-order valence-corrected chi connectivity index (χ3v) is 2.42. The molecule has 1 aromatic rings. The molecule has 1 N–H and O–H groups in total. The summed E-state index contributed by atoms with van der Waals surface area (Å²) in [5.41, 5.74) is 2.32. The molecule has 0 bridgehead atoms. The van der Waals surface area contributed by atoms with Gasteiger partial charge in [-0.2, -0.15) is 10.2 Å². The number of anilines is 1. The number of hydrogen-bond acceptors (Lipinski definition) is 3. The summed E-state index contributed by atoms with van der Waals surface area (Å²) >= 11 is 0. The number of fused-ring (bicyclic) bond motifs is 3. The van der Waals surface area contributed by atoms with Crippen LogP contribution in [0.25, 0.3) is 6.08 Å². The molecule has 3 nitrogen and oxygen atoms in total. The maximum Gasteiger partial charge on any atom is 0.0966 e. The molecule has 0 aliphatic carbocycles. The minimum atomic E-state index is 0.974. The van der Waals surface area contributed by atoms with Gasteiger partial charge in [0.1, 0.15) is 0 Å². The minimum Gasteiger partial charge on any atom is -0.384 e. The Morgan fingerprint density at radius 3 is 3.31 bits per heavy atom. The molecule has 0 aromatic heterocycles. The van der Waals surface area contributed by atoms with Gasteiger partial charge in [0.15, 0.2) is 0 Å². The molecular weight excluding hydrogens is 162 g/mol. The largest absolute Gasteiger partial charge is 0.384 e. The van der Waals surface area contributed by atoms with E-state index >= 15 is 0 Å². The van der Waals surface area contributed by atoms with Gasteiger partial charge in [0.25, 0.3) is 0 Å². The molecule has 0 amide bonds. The van der Waals surface area contributed by atoms with E-state index in [4.69, 9.17) is 0 Å². The van der Waals surface area contributed by atoms with Crippen molar-refractivity contribution >= 4 is 18.0 Å². The van der Waals surface area contributed by atoms with E-state index in [1.54, 1.807) is 0 Å². The first-order valence-electron chi connectivity index (χ1n) is 4.43. The van der Waals surface area contributed by atoms with Crippen molar-refractivity contribution in [1.82, 2.24) is 0 Å². The van der Waals surface area contributed by atoms with Crippen molar-refractivity contribution in [3.05, 3.63) is 28.3 Å². The van der Waals surface area contributed by atoms with E-state index in [-0.39, 0.29) is 0 Å². The van der Waals surface area contributed by atoms with Gasteiger partial charge in [-0.05, 0) is 17.7 Å². The first-order chi connectivity index (χ1) is 6.45. The highest BCUT2D eigenvalue weighted by Crippen LogP contribution is 2.09. The summed E-state index contributed by atoms with van der Waals surface area (Å²) in [6, 6.07) is 4.11. The number of nitrogens with zero attached hydrogens (tertiary/aromatic N) is 2. The third-order valence-electron chi connectivity index (χ3n) is 2.42. The molecule has 3 rings (SSSR count). The smallest absolute Gasteiger partial charge is 0.0966 e. The number of hydrogen-bond donors (Lipinski definition) is 1. The molecule has 1 aromatic carbocycles. The molecule has 3 heteroatoms. The van der Waals surface area contributed by atoms with Crippen LogP contribution in [0.15, 0.2) is 22.3 Å². The molecule has 2 heterocycles. The second kappa shape index (κ2) is 2.42. The molecule has 0 saturated carbocycles. The Labute approximate surface area is 75.5 Å². The van der Waals surface area contributed by atoms with Crippen molar-refractivity contribution in [2.75, 3.05) is 11.9 Å². The fraction of sp³-hybridized carbons (Fsp3) is 0.200. The summed E-state index contributed by atoms with van der Waals surface area (Å²) in [6.07, 6.45) is 5.17. The number of benzene rings is 1. The van der Waals surface area contributed by atoms with Crippen molar-refractivity contribution in [2.24, 2.45) is 10.2 Å². The minimum absolute atomic E-state index is 0.974. The summed E-state index contributed by atoms with van der Waals surface area (Å²) in [6.45, 7) is 1.01. The van der Waals surface area contributed by atoms with Crippen LogP contribution in [0.4, 0.5) is 5.69 Å². The van der Waals surface area contributed by atoms with Crippen molar-refractivity contribution in [3.8, 4) is 0 Å². The number of rotatable bonds is 0. The molecule has 0 atom stereocenters. The Bertz CT molecular complexity index is 500. The van der Waals surface area contributed by atoms with Crippen molar-refractivity contribution in [2.45, 2.75) is 6.42 Å².